The maximum atomic E-state index is 14.0. The average molecular weight is 495 g/mol. The SMILES string of the molecule is C=C1Nc2ncnc(N3CC4CCC(C3)N4C(=O)[C@H](CNC(C)C)c3ccc(Cl)cc3)c2C1(C)C. The van der Waals surface area contributed by atoms with Crippen molar-refractivity contribution >= 4 is 29.1 Å². The predicted molar refractivity (Wildman–Crippen MR) is 141 cm³/mol. The number of allylic oxidation sites excluding steroid dienone is 1. The van der Waals surface area contributed by atoms with Gasteiger partial charge in [0.2, 0.25) is 5.91 Å². The number of halogens is 1. The highest BCUT2D eigenvalue weighted by atomic mass is 35.5. The Hall–Kier alpha value is -2.64. The van der Waals surface area contributed by atoms with Gasteiger partial charge in [0.25, 0.3) is 0 Å². The van der Waals surface area contributed by atoms with Crippen LogP contribution in [0, 0.1) is 0 Å². The summed E-state index contributed by atoms with van der Waals surface area (Å²) in [5.74, 6) is 1.78. The summed E-state index contributed by atoms with van der Waals surface area (Å²) in [5, 5.41) is 7.50. The number of fused-ring (bicyclic) bond motifs is 3. The molecule has 186 valence electrons. The molecule has 5 rings (SSSR count). The van der Waals surface area contributed by atoms with Crippen LogP contribution in [0.3, 0.4) is 0 Å². The summed E-state index contributed by atoms with van der Waals surface area (Å²) in [7, 11) is 0. The lowest BCUT2D eigenvalue weighted by molar-refractivity contribution is -0.136. The van der Waals surface area contributed by atoms with E-state index in [0.717, 1.165) is 54.4 Å². The van der Waals surface area contributed by atoms with E-state index in [1.54, 1.807) is 6.33 Å². The van der Waals surface area contributed by atoms with E-state index in [9.17, 15) is 4.79 Å². The third kappa shape index (κ3) is 4.29. The quantitative estimate of drug-likeness (QED) is 0.623. The molecule has 8 heteroatoms. The Morgan fingerprint density at radius 3 is 2.49 bits per heavy atom. The molecule has 1 aromatic heterocycles. The van der Waals surface area contributed by atoms with Gasteiger partial charge in [-0.05, 0) is 44.4 Å². The van der Waals surface area contributed by atoms with E-state index in [-0.39, 0.29) is 29.3 Å². The van der Waals surface area contributed by atoms with Gasteiger partial charge < -0.3 is 20.4 Å². The average Bonchev–Trinajstić information content (AvgIpc) is 3.22. The minimum atomic E-state index is -0.250. The molecule has 35 heavy (non-hydrogen) atoms. The first-order valence-electron chi connectivity index (χ1n) is 12.5. The molecular formula is C27H35ClN6O. The highest BCUT2D eigenvalue weighted by Gasteiger charge is 2.47. The van der Waals surface area contributed by atoms with Gasteiger partial charge in [0.1, 0.15) is 18.0 Å². The van der Waals surface area contributed by atoms with Gasteiger partial charge in [-0.3, -0.25) is 4.79 Å². The van der Waals surface area contributed by atoms with Gasteiger partial charge in [-0.1, -0.05) is 44.2 Å². The molecule has 3 aliphatic rings. The Balaban J connectivity index is 1.40. The van der Waals surface area contributed by atoms with E-state index in [1.165, 1.54) is 0 Å². The van der Waals surface area contributed by atoms with Crippen LogP contribution < -0.4 is 15.5 Å². The number of carbonyl (C=O) groups excluding carboxylic acids is 1. The molecule has 2 saturated heterocycles. The van der Waals surface area contributed by atoms with Crippen LogP contribution in [0.25, 0.3) is 0 Å². The number of hydrogen-bond donors (Lipinski definition) is 2. The number of anilines is 2. The van der Waals surface area contributed by atoms with Crippen molar-refractivity contribution in [2.45, 2.75) is 70.0 Å². The summed E-state index contributed by atoms with van der Waals surface area (Å²) >= 11 is 6.14. The third-order valence-electron chi connectivity index (χ3n) is 7.81. The molecule has 2 unspecified atom stereocenters. The summed E-state index contributed by atoms with van der Waals surface area (Å²) < 4.78 is 0. The largest absolute Gasteiger partial charge is 0.352 e. The molecule has 4 heterocycles. The maximum Gasteiger partial charge on any atom is 0.232 e. The molecule has 3 atom stereocenters. The molecule has 1 aromatic carbocycles. The normalized spacial score (nSPS) is 23.4. The molecule has 0 saturated carbocycles. The number of aromatic nitrogens is 2. The van der Waals surface area contributed by atoms with Crippen LogP contribution in [0.1, 0.15) is 57.6 Å². The fourth-order valence-electron chi connectivity index (χ4n) is 5.75. The molecule has 0 spiro atoms. The van der Waals surface area contributed by atoms with E-state index < -0.39 is 0 Å². The molecule has 2 fully saturated rings. The van der Waals surface area contributed by atoms with Gasteiger partial charge in [-0.15, -0.1) is 0 Å². The smallest absolute Gasteiger partial charge is 0.232 e. The standard InChI is InChI=1S/C27H35ClN6O/c1-16(2)29-12-22(18-6-8-19(28)9-7-18)26(35)34-20-10-11-21(34)14-33(13-20)25-23-24(30-15-31-25)32-17(3)27(23,4)5/h6-9,15-16,20-22,29H,3,10-14H2,1-2,4-5H3,(H,30,31,32)/t20?,21?,22-/m1/s1. The second-order valence-corrected chi connectivity index (χ2v) is 11.3. The number of amides is 1. The van der Waals surface area contributed by atoms with Gasteiger partial charge in [0, 0.05) is 59.5 Å². The summed E-state index contributed by atoms with van der Waals surface area (Å²) in [4.78, 5) is 27.7. The van der Waals surface area contributed by atoms with E-state index >= 15 is 0 Å². The molecule has 7 nitrogen and oxygen atoms in total. The number of nitrogens with zero attached hydrogens (tertiary/aromatic N) is 4. The van der Waals surface area contributed by atoms with Crippen molar-refractivity contribution < 1.29 is 4.79 Å². The van der Waals surface area contributed by atoms with E-state index in [0.29, 0.717) is 17.6 Å². The van der Waals surface area contributed by atoms with Crippen LogP contribution in [-0.2, 0) is 10.2 Å². The lowest BCUT2D eigenvalue weighted by Crippen LogP contribution is -2.58. The van der Waals surface area contributed by atoms with Crippen molar-refractivity contribution in [3.05, 3.63) is 59.0 Å². The van der Waals surface area contributed by atoms with Crippen molar-refractivity contribution in [2.75, 3.05) is 29.9 Å². The summed E-state index contributed by atoms with van der Waals surface area (Å²) in [6.45, 7) is 14.9. The lowest BCUT2D eigenvalue weighted by Gasteiger charge is -2.43. The van der Waals surface area contributed by atoms with Crippen LogP contribution in [0.4, 0.5) is 11.6 Å². The van der Waals surface area contributed by atoms with Gasteiger partial charge >= 0.3 is 0 Å². The first-order chi connectivity index (χ1) is 16.7. The summed E-state index contributed by atoms with van der Waals surface area (Å²) in [5.41, 5.74) is 2.80. The molecule has 0 aliphatic carbocycles. The molecule has 2 bridgehead atoms. The molecule has 3 aliphatic heterocycles. The van der Waals surface area contributed by atoms with Crippen LogP contribution in [0.5, 0.6) is 0 Å². The fraction of sp³-hybridized carbons (Fsp3) is 0.519. The lowest BCUT2D eigenvalue weighted by atomic mass is 9.85. The van der Waals surface area contributed by atoms with Crippen LogP contribution in [0.2, 0.25) is 5.02 Å². The molecule has 2 aromatic rings. The van der Waals surface area contributed by atoms with E-state index in [4.69, 9.17) is 16.6 Å². The second-order valence-electron chi connectivity index (χ2n) is 10.9. The number of nitrogens with one attached hydrogen (secondary N) is 2. The first-order valence-corrected chi connectivity index (χ1v) is 12.9. The van der Waals surface area contributed by atoms with Crippen molar-refractivity contribution in [1.29, 1.82) is 0 Å². The Morgan fingerprint density at radius 2 is 1.86 bits per heavy atom. The van der Waals surface area contributed by atoms with Crippen LogP contribution in [-0.4, -0.2) is 58.5 Å². The first kappa shape index (κ1) is 24.1. The molecular weight excluding hydrogens is 460 g/mol. The zero-order valence-corrected chi connectivity index (χ0v) is 21.8. The topological polar surface area (TPSA) is 73.4 Å². The maximum absolute atomic E-state index is 14.0. The van der Waals surface area contributed by atoms with Crippen molar-refractivity contribution in [1.82, 2.24) is 20.2 Å². The van der Waals surface area contributed by atoms with Crippen LogP contribution >= 0.6 is 11.6 Å². The highest BCUT2D eigenvalue weighted by molar-refractivity contribution is 6.30. The zero-order chi connectivity index (χ0) is 24.9. The predicted octanol–water partition coefficient (Wildman–Crippen LogP) is 4.31. The monoisotopic (exact) mass is 494 g/mol. The Labute approximate surface area is 213 Å². The van der Waals surface area contributed by atoms with Crippen molar-refractivity contribution in [3.63, 3.8) is 0 Å². The van der Waals surface area contributed by atoms with Gasteiger partial charge in [0.15, 0.2) is 0 Å². The van der Waals surface area contributed by atoms with Crippen molar-refractivity contribution in [2.24, 2.45) is 0 Å². The Bertz CT molecular complexity index is 1120. The second kappa shape index (κ2) is 9.10. The Morgan fingerprint density at radius 1 is 1.20 bits per heavy atom. The highest BCUT2D eigenvalue weighted by Crippen LogP contribution is 2.46. The van der Waals surface area contributed by atoms with Gasteiger partial charge in [-0.2, -0.15) is 0 Å². The number of benzene rings is 1. The number of piperazine rings is 1. The van der Waals surface area contributed by atoms with E-state index in [1.807, 2.05) is 24.3 Å². The van der Waals surface area contributed by atoms with Gasteiger partial charge in [0.05, 0.1) is 5.92 Å². The zero-order valence-electron chi connectivity index (χ0n) is 21.0. The van der Waals surface area contributed by atoms with Crippen LogP contribution in [0.15, 0.2) is 42.9 Å². The third-order valence-corrected chi connectivity index (χ3v) is 8.06. The van der Waals surface area contributed by atoms with Crippen molar-refractivity contribution in [3.8, 4) is 0 Å². The number of rotatable bonds is 6. The number of hydrogen-bond acceptors (Lipinski definition) is 6. The molecule has 2 N–H and O–H groups in total. The molecule has 1 amide bonds. The molecule has 0 radical (unpaired) electrons. The van der Waals surface area contributed by atoms with E-state index in [2.05, 4.69) is 59.7 Å². The minimum absolute atomic E-state index is 0.168. The number of carbonyl (C=O) groups is 1. The summed E-state index contributed by atoms with van der Waals surface area (Å²) in [6.07, 6.45) is 3.66. The minimum Gasteiger partial charge on any atom is -0.352 e. The fourth-order valence-corrected chi connectivity index (χ4v) is 5.87. The Kier molecular flexibility index (Phi) is 6.26. The summed E-state index contributed by atoms with van der Waals surface area (Å²) in [6, 6.07) is 8.35. The van der Waals surface area contributed by atoms with Gasteiger partial charge in [-0.25, -0.2) is 9.97 Å².